The van der Waals surface area contributed by atoms with E-state index in [1.165, 1.54) is 0 Å². The van der Waals surface area contributed by atoms with Gasteiger partial charge in [0.05, 0.1) is 0 Å². The summed E-state index contributed by atoms with van der Waals surface area (Å²) in [5, 5.41) is 0. The molecule has 54 valence electrons. The summed E-state index contributed by atoms with van der Waals surface area (Å²) in [6.45, 7) is 0. The molecule has 0 atom stereocenters. The molecule has 11 heavy (non-hydrogen) atoms. The molecule has 2 heteroatoms. The van der Waals surface area contributed by atoms with Crippen LogP contribution < -0.4 is 4.90 Å². The van der Waals surface area contributed by atoms with Gasteiger partial charge in [0.25, 0.3) is 5.91 Å². The molecule has 1 aliphatic rings. The van der Waals surface area contributed by atoms with Gasteiger partial charge in [0.2, 0.25) is 0 Å². The van der Waals surface area contributed by atoms with Crippen molar-refractivity contribution in [3.63, 3.8) is 0 Å². The van der Waals surface area contributed by atoms with E-state index in [1.54, 1.807) is 17.2 Å². The first-order valence-electron chi connectivity index (χ1n) is 3.44. The molecule has 1 aromatic rings. The molecular weight excluding hydrogens is 138 g/mol. The van der Waals surface area contributed by atoms with E-state index in [4.69, 9.17) is 0 Å². The molecule has 1 heterocycles. The number of anilines is 1. The van der Waals surface area contributed by atoms with Crippen LogP contribution in [0.25, 0.3) is 0 Å². The second-order valence-electron chi connectivity index (χ2n) is 2.36. The van der Waals surface area contributed by atoms with Crippen molar-refractivity contribution in [3.8, 4) is 0 Å². The minimum Gasteiger partial charge on any atom is -0.284 e. The monoisotopic (exact) mass is 145 g/mol. The second-order valence-corrected chi connectivity index (χ2v) is 2.36. The lowest BCUT2D eigenvalue weighted by atomic mass is 10.2. The van der Waals surface area contributed by atoms with Gasteiger partial charge in [-0.25, -0.2) is 0 Å². The Kier molecular flexibility index (Phi) is 1.25. The van der Waals surface area contributed by atoms with E-state index in [0.717, 1.165) is 5.69 Å². The highest BCUT2D eigenvalue weighted by molar-refractivity contribution is 6.09. The van der Waals surface area contributed by atoms with Crippen LogP contribution in [0.5, 0.6) is 0 Å². The number of carbonyl (C=O) groups is 1. The SMILES string of the molecule is O=C1C=CN1c1ccccc1. The zero-order valence-electron chi connectivity index (χ0n) is 5.90. The Morgan fingerprint density at radius 1 is 1.09 bits per heavy atom. The molecule has 0 saturated heterocycles. The molecule has 1 amide bonds. The van der Waals surface area contributed by atoms with Gasteiger partial charge < -0.3 is 0 Å². The molecule has 1 aromatic carbocycles. The quantitative estimate of drug-likeness (QED) is 0.587. The summed E-state index contributed by atoms with van der Waals surface area (Å²) in [6.07, 6.45) is 3.31. The van der Waals surface area contributed by atoms with Gasteiger partial charge in [0, 0.05) is 18.0 Å². The molecular formula is C9H7NO. The largest absolute Gasteiger partial charge is 0.284 e. The third-order valence-corrected chi connectivity index (χ3v) is 1.64. The van der Waals surface area contributed by atoms with Gasteiger partial charge >= 0.3 is 0 Å². The van der Waals surface area contributed by atoms with Crippen LogP contribution in [0.2, 0.25) is 0 Å². The number of hydrogen-bond acceptors (Lipinski definition) is 1. The summed E-state index contributed by atoms with van der Waals surface area (Å²) < 4.78 is 0. The predicted molar refractivity (Wildman–Crippen MR) is 43.1 cm³/mol. The molecule has 0 unspecified atom stereocenters. The predicted octanol–water partition coefficient (Wildman–Crippen LogP) is 1.55. The highest BCUT2D eigenvalue weighted by Gasteiger charge is 2.16. The molecule has 0 spiro atoms. The number of nitrogens with zero attached hydrogens (tertiary/aromatic N) is 1. The third kappa shape index (κ3) is 0.923. The van der Waals surface area contributed by atoms with Crippen LogP contribution in [0.4, 0.5) is 5.69 Å². The van der Waals surface area contributed by atoms with E-state index in [2.05, 4.69) is 0 Å². The van der Waals surface area contributed by atoms with Gasteiger partial charge in [-0.3, -0.25) is 9.69 Å². The Hall–Kier alpha value is -1.57. The highest BCUT2D eigenvalue weighted by Crippen LogP contribution is 2.18. The molecule has 2 nitrogen and oxygen atoms in total. The summed E-state index contributed by atoms with van der Waals surface area (Å²) in [7, 11) is 0. The second kappa shape index (κ2) is 2.23. The average Bonchev–Trinajstić information content (AvgIpc) is 2.04. The fraction of sp³-hybridized carbons (Fsp3) is 0. The number of benzene rings is 1. The molecule has 1 aliphatic heterocycles. The van der Waals surface area contributed by atoms with Crippen molar-refractivity contribution in [2.24, 2.45) is 0 Å². The fourth-order valence-corrected chi connectivity index (χ4v) is 1.01. The minimum atomic E-state index is 0.0520. The van der Waals surface area contributed by atoms with E-state index in [9.17, 15) is 4.79 Å². The van der Waals surface area contributed by atoms with Crippen LogP contribution >= 0.6 is 0 Å². The van der Waals surface area contributed by atoms with Crippen LogP contribution in [0.15, 0.2) is 42.6 Å². The lowest BCUT2D eigenvalue weighted by Crippen LogP contribution is -2.30. The summed E-state index contributed by atoms with van der Waals surface area (Å²) in [5.41, 5.74) is 0.931. The number of carbonyl (C=O) groups excluding carboxylic acids is 1. The first-order chi connectivity index (χ1) is 5.38. The van der Waals surface area contributed by atoms with Crippen LogP contribution in [0.1, 0.15) is 0 Å². The van der Waals surface area contributed by atoms with E-state index < -0.39 is 0 Å². The van der Waals surface area contributed by atoms with Gasteiger partial charge in [-0.1, -0.05) is 18.2 Å². The number of para-hydroxylation sites is 1. The Morgan fingerprint density at radius 3 is 2.27 bits per heavy atom. The first kappa shape index (κ1) is 6.16. The topological polar surface area (TPSA) is 20.3 Å². The van der Waals surface area contributed by atoms with Crippen molar-refractivity contribution >= 4 is 11.6 Å². The highest BCUT2D eigenvalue weighted by atomic mass is 16.2. The average molecular weight is 145 g/mol. The maximum Gasteiger partial charge on any atom is 0.256 e. The van der Waals surface area contributed by atoms with Crippen LogP contribution in [-0.2, 0) is 4.79 Å². The first-order valence-corrected chi connectivity index (χ1v) is 3.44. The zero-order valence-corrected chi connectivity index (χ0v) is 5.90. The molecule has 0 aliphatic carbocycles. The maximum absolute atomic E-state index is 10.9. The van der Waals surface area contributed by atoms with Crippen molar-refractivity contribution in [1.82, 2.24) is 0 Å². The van der Waals surface area contributed by atoms with Crippen LogP contribution in [0.3, 0.4) is 0 Å². The van der Waals surface area contributed by atoms with Gasteiger partial charge in [-0.05, 0) is 12.1 Å². The van der Waals surface area contributed by atoms with Crippen LogP contribution in [-0.4, -0.2) is 5.91 Å². The molecule has 0 bridgehead atoms. The van der Waals surface area contributed by atoms with Gasteiger partial charge in [-0.15, -0.1) is 0 Å². The normalized spacial score (nSPS) is 14.9. The van der Waals surface area contributed by atoms with Gasteiger partial charge in [0.15, 0.2) is 0 Å². The molecule has 0 N–H and O–H groups in total. The van der Waals surface area contributed by atoms with Gasteiger partial charge in [0.1, 0.15) is 0 Å². The Morgan fingerprint density at radius 2 is 1.82 bits per heavy atom. The van der Waals surface area contributed by atoms with E-state index >= 15 is 0 Å². The van der Waals surface area contributed by atoms with Crippen molar-refractivity contribution in [2.45, 2.75) is 0 Å². The van der Waals surface area contributed by atoms with E-state index in [-0.39, 0.29) is 5.91 Å². The zero-order chi connectivity index (χ0) is 7.68. The fourth-order valence-electron chi connectivity index (χ4n) is 1.01. The maximum atomic E-state index is 10.9. The van der Waals surface area contributed by atoms with Crippen molar-refractivity contribution in [3.05, 3.63) is 42.6 Å². The number of rotatable bonds is 1. The van der Waals surface area contributed by atoms with Crippen molar-refractivity contribution in [2.75, 3.05) is 4.90 Å². The van der Waals surface area contributed by atoms with Gasteiger partial charge in [-0.2, -0.15) is 0 Å². The number of hydrogen-bond donors (Lipinski definition) is 0. The van der Waals surface area contributed by atoms with E-state index in [1.807, 2.05) is 30.3 Å². The Balaban J connectivity index is 2.32. The molecule has 0 fully saturated rings. The third-order valence-electron chi connectivity index (χ3n) is 1.64. The minimum absolute atomic E-state index is 0.0520. The lowest BCUT2D eigenvalue weighted by Gasteiger charge is -2.22. The number of amides is 1. The summed E-state index contributed by atoms with van der Waals surface area (Å²) >= 11 is 0. The van der Waals surface area contributed by atoms with E-state index in [0.29, 0.717) is 0 Å². The lowest BCUT2D eigenvalue weighted by molar-refractivity contribution is -0.114. The molecule has 0 aromatic heterocycles. The van der Waals surface area contributed by atoms with Crippen molar-refractivity contribution in [1.29, 1.82) is 0 Å². The Labute approximate surface area is 64.8 Å². The van der Waals surface area contributed by atoms with Crippen molar-refractivity contribution < 1.29 is 4.79 Å². The smallest absolute Gasteiger partial charge is 0.256 e. The molecule has 2 rings (SSSR count). The Bertz CT molecular complexity index is 303. The standard InChI is InChI=1S/C9H7NO/c11-9-6-7-10(9)8-4-2-1-3-5-8/h1-7H. The summed E-state index contributed by atoms with van der Waals surface area (Å²) in [6, 6.07) is 9.56. The molecule has 0 radical (unpaired) electrons. The molecule has 0 saturated carbocycles. The van der Waals surface area contributed by atoms with Crippen LogP contribution in [0, 0.1) is 0 Å². The summed E-state index contributed by atoms with van der Waals surface area (Å²) in [5.74, 6) is 0.0520. The summed E-state index contributed by atoms with van der Waals surface area (Å²) in [4.78, 5) is 12.5.